The maximum atomic E-state index is 13.2. The van der Waals surface area contributed by atoms with Crippen molar-refractivity contribution < 1.29 is 37.3 Å². The molecule has 6 atom stereocenters. The second-order valence-electron chi connectivity index (χ2n) is 13.3. The van der Waals surface area contributed by atoms with Crippen LogP contribution >= 0.6 is 0 Å². The van der Waals surface area contributed by atoms with Crippen LogP contribution in [0.25, 0.3) is 10.8 Å². The Morgan fingerprint density at radius 2 is 1.70 bits per heavy atom. The Morgan fingerprint density at radius 1 is 0.960 bits per heavy atom. The Bertz CT molecular complexity index is 1820. The molecule has 0 aliphatic carbocycles. The highest BCUT2D eigenvalue weighted by atomic mass is 19.4. The number of fused-ring (bicyclic) bond motifs is 1. The van der Waals surface area contributed by atoms with E-state index in [4.69, 9.17) is 9.47 Å². The number of aliphatic hydroxyl groups excluding tert-OH is 1. The fraction of sp³-hybridized carbons (Fsp3) is 0.385. The van der Waals surface area contributed by atoms with Crippen molar-refractivity contribution in [2.24, 2.45) is 5.92 Å². The number of rotatable bonds is 9. The van der Waals surface area contributed by atoms with Gasteiger partial charge in [-0.15, -0.1) is 0 Å². The number of halogens is 3. The van der Waals surface area contributed by atoms with Gasteiger partial charge in [-0.3, -0.25) is 14.5 Å². The van der Waals surface area contributed by atoms with Gasteiger partial charge in [0.25, 0.3) is 0 Å². The Labute approximate surface area is 289 Å². The van der Waals surface area contributed by atoms with Crippen molar-refractivity contribution in [3.63, 3.8) is 0 Å². The summed E-state index contributed by atoms with van der Waals surface area (Å²) in [6.07, 6.45) is -6.07. The van der Waals surface area contributed by atoms with Gasteiger partial charge in [0.1, 0.15) is 6.04 Å². The first-order valence-electron chi connectivity index (χ1n) is 16.9. The normalized spacial score (nSPS) is 23.3. The predicted molar refractivity (Wildman–Crippen MR) is 184 cm³/mol. The molecule has 4 aromatic carbocycles. The number of likely N-dealkylation sites (N-methyl/N-ethyl adjacent to an activating group) is 1. The zero-order valence-corrected chi connectivity index (χ0v) is 28.3. The maximum Gasteiger partial charge on any atom is 0.471 e. The van der Waals surface area contributed by atoms with E-state index in [1.165, 1.54) is 16.3 Å². The van der Waals surface area contributed by atoms with Crippen LogP contribution in [-0.2, 0) is 25.7 Å². The van der Waals surface area contributed by atoms with Crippen molar-refractivity contribution >= 4 is 28.3 Å². The number of hydrogen-bond acceptors (Lipinski definition) is 6. The second kappa shape index (κ2) is 14.9. The van der Waals surface area contributed by atoms with Crippen molar-refractivity contribution in [2.75, 3.05) is 25.5 Å². The fourth-order valence-electron chi connectivity index (χ4n) is 6.93. The Kier molecular flexibility index (Phi) is 10.6. The molecule has 0 unspecified atom stereocenters. The van der Waals surface area contributed by atoms with Gasteiger partial charge in [-0.2, -0.15) is 13.2 Å². The van der Waals surface area contributed by atoms with Crippen LogP contribution in [0.5, 0.6) is 0 Å². The number of aliphatic hydroxyl groups is 1. The van der Waals surface area contributed by atoms with Gasteiger partial charge in [-0.05, 0) is 72.5 Å². The summed E-state index contributed by atoms with van der Waals surface area (Å²) in [5.41, 5.74) is 3.87. The van der Waals surface area contributed by atoms with Crippen LogP contribution in [0.2, 0.25) is 0 Å². The van der Waals surface area contributed by atoms with Gasteiger partial charge in [-0.25, -0.2) is 0 Å². The summed E-state index contributed by atoms with van der Waals surface area (Å²) in [6.45, 7) is 4.63. The lowest BCUT2D eigenvalue weighted by molar-refractivity contribution is -0.276. The lowest BCUT2D eigenvalue weighted by Gasteiger charge is -2.43. The number of nitrogens with zero attached hydrogens (tertiary/aromatic N) is 2. The first kappa shape index (κ1) is 35.5. The van der Waals surface area contributed by atoms with E-state index in [-0.39, 0.29) is 43.7 Å². The van der Waals surface area contributed by atoms with E-state index in [1.54, 1.807) is 18.2 Å². The zero-order valence-electron chi connectivity index (χ0n) is 28.3. The molecule has 0 radical (unpaired) electrons. The van der Waals surface area contributed by atoms with Gasteiger partial charge in [0.15, 0.2) is 6.29 Å². The van der Waals surface area contributed by atoms with Crippen molar-refractivity contribution in [1.29, 1.82) is 0 Å². The Morgan fingerprint density at radius 3 is 2.42 bits per heavy atom. The predicted octanol–water partition coefficient (Wildman–Crippen LogP) is 7.31. The first-order chi connectivity index (χ1) is 23.9. The van der Waals surface area contributed by atoms with Crippen LogP contribution < -0.4 is 5.32 Å². The number of amides is 2. The molecule has 0 saturated carbocycles. The zero-order chi connectivity index (χ0) is 35.6. The van der Waals surface area contributed by atoms with Gasteiger partial charge in [0.2, 0.25) is 5.91 Å². The van der Waals surface area contributed by atoms with Crippen LogP contribution in [-0.4, -0.2) is 65.2 Å². The van der Waals surface area contributed by atoms with E-state index < -0.39 is 30.3 Å². The van der Waals surface area contributed by atoms with Crippen molar-refractivity contribution in [1.82, 2.24) is 9.80 Å². The molecular weight excluding hydrogens is 647 g/mol. The average Bonchev–Trinajstić information content (AvgIpc) is 3.61. The van der Waals surface area contributed by atoms with Gasteiger partial charge in [0.05, 0.1) is 18.8 Å². The topological polar surface area (TPSA) is 91.3 Å². The average molecular weight is 690 g/mol. The summed E-state index contributed by atoms with van der Waals surface area (Å²) in [4.78, 5) is 28.0. The highest BCUT2D eigenvalue weighted by Gasteiger charge is 2.47. The molecule has 0 aromatic heterocycles. The van der Waals surface area contributed by atoms with E-state index >= 15 is 0 Å². The lowest BCUT2D eigenvalue weighted by Crippen LogP contribution is -2.48. The van der Waals surface area contributed by atoms with E-state index in [0.717, 1.165) is 11.1 Å². The minimum absolute atomic E-state index is 0.0696. The smallest absolute Gasteiger partial charge is 0.392 e. The van der Waals surface area contributed by atoms with Gasteiger partial charge < -0.3 is 24.8 Å². The molecule has 2 heterocycles. The highest BCUT2D eigenvalue weighted by Crippen LogP contribution is 2.43. The summed E-state index contributed by atoms with van der Waals surface area (Å²) in [5.74, 6) is -2.76. The van der Waals surface area contributed by atoms with Crippen LogP contribution in [0.1, 0.15) is 67.4 Å². The quantitative estimate of drug-likeness (QED) is 0.192. The third kappa shape index (κ3) is 7.71. The molecule has 6 rings (SSSR count). The molecule has 264 valence electrons. The van der Waals surface area contributed by atoms with Crippen molar-refractivity contribution in [3.8, 4) is 0 Å². The number of ether oxygens (including phenoxy) is 2. The number of alkyl halides is 3. The molecule has 2 aliphatic rings. The van der Waals surface area contributed by atoms with Crippen LogP contribution in [0, 0.1) is 5.92 Å². The van der Waals surface area contributed by atoms with Gasteiger partial charge in [0, 0.05) is 36.3 Å². The number of benzene rings is 4. The first-order valence-corrected chi connectivity index (χ1v) is 16.9. The van der Waals surface area contributed by atoms with E-state index in [2.05, 4.69) is 61.4 Å². The van der Waals surface area contributed by atoms with Gasteiger partial charge in [-0.1, -0.05) is 79.7 Å². The molecule has 2 saturated heterocycles. The molecule has 4 aromatic rings. The maximum absolute atomic E-state index is 13.2. The largest absolute Gasteiger partial charge is 0.471 e. The van der Waals surface area contributed by atoms with E-state index in [1.807, 2.05) is 42.5 Å². The minimum Gasteiger partial charge on any atom is -0.392 e. The fourth-order valence-corrected chi connectivity index (χ4v) is 6.93. The Balaban J connectivity index is 1.23. The lowest BCUT2D eigenvalue weighted by atomic mass is 9.89. The van der Waals surface area contributed by atoms with E-state index in [9.17, 15) is 27.9 Å². The number of carbonyl (C=O) groups is 2. The van der Waals surface area contributed by atoms with Crippen LogP contribution in [0.4, 0.5) is 18.9 Å². The third-order valence-corrected chi connectivity index (χ3v) is 9.99. The molecule has 0 bridgehead atoms. The van der Waals surface area contributed by atoms with Crippen LogP contribution in [0.15, 0.2) is 91.0 Å². The molecule has 0 spiro atoms. The van der Waals surface area contributed by atoms with Crippen molar-refractivity contribution in [3.05, 3.63) is 113 Å². The molecule has 2 fully saturated rings. The SMILES string of the molecule is C[C@H]1[C@@H](CN(C)[C@H](C)c2ccc3ccccc3c2)O[C@@H](c2cccc(NC(=O)[C@@H]3CCCN3C(=O)C(F)(F)F)c2)O[C@H]1c1ccc(CO)cc1. The summed E-state index contributed by atoms with van der Waals surface area (Å²) < 4.78 is 52.8. The molecular formula is C39H42F3N3O5. The molecule has 8 nitrogen and oxygen atoms in total. The standard InChI is InChI=1S/C39H42F3N3O5/c1-24-34(22-44(3)25(2)29-18-17-27-8-4-5-9-30(27)20-29)49-37(50-35(24)28-15-13-26(23-46)14-16-28)31-10-6-11-32(21-31)43-36(47)33-12-7-19-45(33)38(48)39(40,41)42/h4-6,8-11,13-18,20-21,24-25,33-35,37,46H,7,12,19,22-23H2,1-3H3,(H,43,47)/t24-,25+,33-,34+,35+,37+/m0/s1. The third-order valence-electron chi connectivity index (χ3n) is 9.99. The molecule has 11 heteroatoms. The van der Waals surface area contributed by atoms with Crippen LogP contribution in [0.3, 0.4) is 0 Å². The van der Waals surface area contributed by atoms with Crippen molar-refractivity contribution in [2.45, 2.75) is 70.1 Å². The summed E-state index contributed by atoms with van der Waals surface area (Å²) in [7, 11) is 2.07. The summed E-state index contributed by atoms with van der Waals surface area (Å²) in [5, 5.41) is 14.7. The monoisotopic (exact) mass is 689 g/mol. The number of likely N-dealkylation sites (tertiary alicyclic amines) is 1. The highest BCUT2D eigenvalue weighted by molar-refractivity contribution is 5.98. The van der Waals surface area contributed by atoms with Gasteiger partial charge >= 0.3 is 12.1 Å². The summed E-state index contributed by atoms with van der Waals surface area (Å²) in [6, 6.07) is 28.1. The minimum atomic E-state index is -5.05. The number of nitrogens with one attached hydrogen (secondary N) is 1. The second-order valence-corrected chi connectivity index (χ2v) is 13.3. The van der Waals surface area contributed by atoms with E-state index in [0.29, 0.717) is 29.1 Å². The number of anilines is 1. The molecule has 2 N–H and O–H groups in total. The molecule has 2 aliphatic heterocycles. The molecule has 50 heavy (non-hydrogen) atoms. The molecule has 2 amide bonds. The summed E-state index contributed by atoms with van der Waals surface area (Å²) >= 11 is 0. The number of hydrogen-bond donors (Lipinski definition) is 2. The Hall–Kier alpha value is -4.29. The number of carbonyl (C=O) groups excluding carboxylic acids is 2.